The van der Waals surface area contributed by atoms with E-state index >= 15 is 0 Å². The second-order valence-corrected chi connectivity index (χ2v) is 4.47. The third-order valence-corrected chi connectivity index (χ3v) is 2.87. The summed E-state index contributed by atoms with van der Waals surface area (Å²) in [4.78, 5) is 6.62. The molecule has 0 radical (unpaired) electrons. The SMILES string of the molecule is Cc1ccc(C#CC2C=CC=NC2)s1. The summed E-state index contributed by atoms with van der Waals surface area (Å²) in [6.07, 6.45) is 5.89. The second-order valence-electron chi connectivity index (χ2n) is 3.19. The normalized spacial score (nSPS) is 19.1. The zero-order valence-corrected chi connectivity index (χ0v) is 8.84. The quantitative estimate of drug-likeness (QED) is 0.572. The summed E-state index contributed by atoms with van der Waals surface area (Å²) in [5.41, 5.74) is 0. The molecule has 0 N–H and O–H groups in total. The summed E-state index contributed by atoms with van der Waals surface area (Å²) in [6.45, 7) is 2.90. The minimum atomic E-state index is 0.294. The van der Waals surface area contributed by atoms with E-state index in [0.29, 0.717) is 5.92 Å². The maximum Gasteiger partial charge on any atom is 0.0771 e. The van der Waals surface area contributed by atoms with Gasteiger partial charge < -0.3 is 0 Å². The molecule has 0 aliphatic carbocycles. The second kappa shape index (κ2) is 4.26. The molecule has 1 unspecified atom stereocenters. The van der Waals surface area contributed by atoms with Crippen LogP contribution in [0.15, 0.2) is 29.3 Å². The molecule has 2 heterocycles. The Morgan fingerprint density at radius 3 is 3.07 bits per heavy atom. The van der Waals surface area contributed by atoms with Gasteiger partial charge in [-0.3, -0.25) is 4.99 Å². The predicted octanol–water partition coefficient (Wildman–Crippen LogP) is 2.66. The van der Waals surface area contributed by atoms with Crippen LogP contribution in [-0.4, -0.2) is 12.8 Å². The van der Waals surface area contributed by atoms with Crippen LogP contribution in [0.2, 0.25) is 0 Å². The third kappa shape index (κ3) is 2.34. The molecule has 70 valence electrons. The fourth-order valence-corrected chi connectivity index (χ4v) is 1.97. The number of aliphatic imine (C=N–C) groups is 1. The number of rotatable bonds is 0. The van der Waals surface area contributed by atoms with Crippen molar-refractivity contribution in [2.24, 2.45) is 10.9 Å². The smallest absolute Gasteiger partial charge is 0.0771 e. The van der Waals surface area contributed by atoms with E-state index in [1.54, 1.807) is 11.3 Å². The fourth-order valence-electron chi connectivity index (χ4n) is 1.24. The van der Waals surface area contributed by atoms with Gasteiger partial charge >= 0.3 is 0 Å². The molecule has 2 heteroatoms. The molecular weight excluding hydrogens is 190 g/mol. The first kappa shape index (κ1) is 9.23. The van der Waals surface area contributed by atoms with Crippen LogP contribution in [0.4, 0.5) is 0 Å². The van der Waals surface area contributed by atoms with Crippen molar-refractivity contribution in [3.05, 3.63) is 34.0 Å². The van der Waals surface area contributed by atoms with Crippen molar-refractivity contribution in [2.45, 2.75) is 6.92 Å². The number of thiophene rings is 1. The van der Waals surface area contributed by atoms with E-state index in [0.717, 1.165) is 11.4 Å². The monoisotopic (exact) mass is 201 g/mol. The van der Waals surface area contributed by atoms with Gasteiger partial charge in [-0.25, -0.2) is 0 Å². The van der Waals surface area contributed by atoms with E-state index in [9.17, 15) is 0 Å². The van der Waals surface area contributed by atoms with Crippen molar-refractivity contribution >= 4 is 17.6 Å². The summed E-state index contributed by atoms with van der Waals surface area (Å²) in [6, 6.07) is 4.17. The molecule has 1 aliphatic rings. The zero-order valence-electron chi connectivity index (χ0n) is 8.03. The molecular formula is C12H11NS. The van der Waals surface area contributed by atoms with Crippen molar-refractivity contribution in [1.82, 2.24) is 0 Å². The molecule has 0 bridgehead atoms. The van der Waals surface area contributed by atoms with Crippen LogP contribution in [0.3, 0.4) is 0 Å². The highest BCUT2D eigenvalue weighted by Crippen LogP contribution is 2.13. The minimum absolute atomic E-state index is 0.294. The first-order chi connectivity index (χ1) is 6.84. The summed E-state index contributed by atoms with van der Waals surface area (Å²) in [7, 11) is 0. The Kier molecular flexibility index (Phi) is 2.81. The zero-order chi connectivity index (χ0) is 9.80. The lowest BCUT2D eigenvalue weighted by atomic mass is 10.1. The number of hydrogen-bond acceptors (Lipinski definition) is 2. The van der Waals surface area contributed by atoms with E-state index in [1.165, 1.54) is 4.88 Å². The largest absolute Gasteiger partial charge is 0.292 e. The van der Waals surface area contributed by atoms with Crippen molar-refractivity contribution in [2.75, 3.05) is 6.54 Å². The standard InChI is InChI=1S/C12H11NS/c1-10-4-6-12(14-10)7-5-11-3-2-8-13-9-11/h2-4,6,8,11H,9H2,1H3. The van der Waals surface area contributed by atoms with E-state index in [-0.39, 0.29) is 0 Å². The maximum absolute atomic E-state index is 4.17. The molecule has 14 heavy (non-hydrogen) atoms. The van der Waals surface area contributed by atoms with Gasteiger partial charge in [0.25, 0.3) is 0 Å². The van der Waals surface area contributed by atoms with Gasteiger partial charge in [-0.2, -0.15) is 0 Å². The molecule has 1 aliphatic heterocycles. The Balaban J connectivity index is 2.06. The molecule has 2 rings (SSSR count). The van der Waals surface area contributed by atoms with Gasteiger partial charge in [-0.15, -0.1) is 11.3 Å². The third-order valence-electron chi connectivity index (χ3n) is 1.96. The van der Waals surface area contributed by atoms with Gasteiger partial charge in [-0.1, -0.05) is 17.9 Å². The Hall–Kier alpha value is -1.33. The number of hydrogen-bond donors (Lipinski definition) is 0. The van der Waals surface area contributed by atoms with E-state index in [2.05, 4.69) is 42.0 Å². The van der Waals surface area contributed by atoms with Gasteiger partial charge in [0.2, 0.25) is 0 Å². The Morgan fingerprint density at radius 2 is 2.43 bits per heavy atom. The van der Waals surface area contributed by atoms with Crippen LogP contribution >= 0.6 is 11.3 Å². The van der Waals surface area contributed by atoms with Gasteiger partial charge in [0, 0.05) is 11.1 Å². The molecule has 1 nitrogen and oxygen atoms in total. The first-order valence-corrected chi connectivity index (χ1v) is 5.41. The number of aryl methyl sites for hydroxylation is 1. The molecule has 0 aromatic carbocycles. The lowest BCUT2D eigenvalue weighted by Gasteiger charge is -2.02. The molecule has 0 saturated carbocycles. The van der Waals surface area contributed by atoms with Crippen molar-refractivity contribution < 1.29 is 0 Å². The molecule has 1 atom stereocenters. The summed E-state index contributed by atoms with van der Waals surface area (Å²) in [5.74, 6) is 6.68. The minimum Gasteiger partial charge on any atom is -0.292 e. The highest BCUT2D eigenvalue weighted by Gasteiger charge is 2.00. The lowest BCUT2D eigenvalue weighted by molar-refractivity contribution is 0.844. The Bertz CT molecular complexity index is 429. The Morgan fingerprint density at radius 1 is 1.50 bits per heavy atom. The van der Waals surface area contributed by atoms with Gasteiger partial charge in [0.05, 0.1) is 17.3 Å². The van der Waals surface area contributed by atoms with Crippen LogP contribution in [-0.2, 0) is 0 Å². The first-order valence-electron chi connectivity index (χ1n) is 4.59. The predicted molar refractivity (Wildman–Crippen MR) is 61.9 cm³/mol. The average molecular weight is 201 g/mol. The van der Waals surface area contributed by atoms with Crippen molar-refractivity contribution in [3.63, 3.8) is 0 Å². The highest BCUT2D eigenvalue weighted by molar-refractivity contribution is 7.12. The lowest BCUT2D eigenvalue weighted by Crippen LogP contribution is -2.01. The fraction of sp³-hybridized carbons (Fsp3) is 0.250. The molecule has 0 saturated heterocycles. The van der Waals surface area contributed by atoms with Crippen LogP contribution in [0.5, 0.6) is 0 Å². The van der Waals surface area contributed by atoms with E-state index < -0.39 is 0 Å². The maximum atomic E-state index is 4.17. The van der Waals surface area contributed by atoms with Gasteiger partial charge in [0.1, 0.15) is 0 Å². The average Bonchev–Trinajstić information content (AvgIpc) is 2.63. The van der Waals surface area contributed by atoms with Crippen LogP contribution in [0.1, 0.15) is 9.75 Å². The number of dihydropyridines is 1. The summed E-state index contributed by atoms with van der Waals surface area (Å²) >= 11 is 1.74. The molecule has 0 spiro atoms. The van der Waals surface area contributed by atoms with Crippen LogP contribution < -0.4 is 0 Å². The number of nitrogens with zero attached hydrogens (tertiary/aromatic N) is 1. The van der Waals surface area contributed by atoms with Crippen molar-refractivity contribution in [3.8, 4) is 11.8 Å². The van der Waals surface area contributed by atoms with Crippen LogP contribution in [0, 0.1) is 24.7 Å². The summed E-state index contributed by atoms with van der Waals surface area (Å²) in [5, 5.41) is 0. The Labute approximate surface area is 88.2 Å². The van der Waals surface area contributed by atoms with E-state index in [4.69, 9.17) is 0 Å². The molecule has 0 fully saturated rings. The molecule has 1 aromatic rings. The van der Waals surface area contributed by atoms with Gasteiger partial charge in [0.15, 0.2) is 0 Å². The molecule has 1 aromatic heterocycles. The summed E-state index contributed by atoms with van der Waals surface area (Å²) < 4.78 is 0. The van der Waals surface area contributed by atoms with E-state index in [1.807, 2.05) is 12.3 Å². The topological polar surface area (TPSA) is 12.4 Å². The molecule has 0 amide bonds. The highest BCUT2D eigenvalue weighted by atomic mass is 32.1. The van der Waals surface area contributed by atoms with Gasteiger partial charge in [-0.05, 0) is 25.1 Å². The van der Waals surface area contributed by atoms with Crippen LogP contribution in [0.25, 0.3) is 0 Å². The number of allylic oxidation sites excluding steroid dienone is 1. The van der Waals surface area contributed by atoms with Crippen molar-refractivity contribution in [1.29, 1.82) is 0 Å².